The highest BCUT2D eigenvalue weighted by atomic mass is 35.5. The number of nitrogens with one attached hydrogen (secondary N) is 1. The van der Waals surface area contributed by atoms with Crippen LogP contribution in [0.15, 0.2) is 52.3 Å². The van der Waals surface area contributed by atoms with Crippen LogP contribution < -0.4 is 10.1 Å². The number of piperidine rings is 1. The van der Waals surface area contributed by atoms with Crippen molar-refractivity contribution in [2.45, 2.75) is 22.6 Å². The number of carbonyl (C=O) groups excluding carboxylic acids is 1. The molecular weight excluding hydrogens is 432 g/mol. The van der Waals surface area contributed by atoms with Crippen LogP contribution in [-0.2, 0) is 14.8 Å². The van der Waals surface area contributed by atoms with E-state index in [9.17, 15) is 13.2 Å². The second-order valence-corrected chi connectivity index (χ2v) is 9.94. The molecule has 1 fully saturated rings. The molecule has 0 bridgehead atoms. The van der Waals surface area contributed by atoms with E-state index >= 15 is 0 Å². The van der Waals surface area contributed by atoms with E-state index in [1.54, 1.807) is 11.8 Å². The zero-order chi connectivity index (χ0) is 21.0. The van der Waals surface area contributed by atoms with Gasteiger partial charge in [0.15, 0.2) is 0 Å². The van der Waals surface area contributed by atoms with E-state index in [4.69, 9.17) is 16.3 Å². The summed E-state index contributed by atoms with van der Waals surface area (Å²) in [5.41, 5.74) is 0.712. The van der Waals surface area contributed by atoms with Gasteiger partial charge < -0.3 is 10.1 Å². The van der Waals surface area contributed by atoms with Crippen LogP contribution in [0.3, 0.4) is 0 Å². The van der Waals surface area contributed by atoms with Gasteiger partial charge in [0.1, 0.15) is 5.75 Å². The van der Waals surface area contributed by atoms with Crippen molar-refractivity contribution in [3.8, 4) is 5.75 Å². The number of amides is 1. The van der Waals surface area contributed by atoms with E-state index < -0.39 is 15.9 Å². The van der Waals surface area contributed by atoms with E-state index in [-0.39, 0.29) is 22.4 Å². The Kier molecular flexibility index (Phi) is 7.10. The number of nitrogens with zero attached hydrogens (tertiary/aromatic N) is 1. The molecular formula is C20H23ClN2O4S2. The van der Waals surface area contributed by atoms with Crippen molar-refractivity contribution in [2.75, 3.05) is 31.8 Å². The molecule has 0 aromatic heterocycles. The molecule has 0 spiro atoms. The Morgan fingerprint density at radius 3 is 2.76 bits per heavy atom. The lowest BCUT2D eigenvalue weighted by Gasteiger charge is -2.31. The zero-order valence-electron chi connectivity index (χ0n) is 16.2. The number of halogens is 1. The minimum absolute atomic E-state index is 0.0945. The summed E-state index contributed by atoms with van der Waals surface area (Å²) in [4.78, 5) is 13.9. The molecule has 0 unspecified atom stereocenters. The highest BCUT2D eigenvalue weighted by Crippen LogP contribution is 2.30. The Labute approximate surface area is 180 Å². The van der Waals surface area contributed by atoms with Gasteiger partial charge in [-0.1, -0.05) is 17.7 Å². The number of hydrogen-bond donors (Lipinski definition) is 1. The zero-order valence-corrected chi connectivity index (χ0v) is 18.6. The lowest BCUT2D eigenvalue weighted by molar-refractivity contribution is -0.120. The van der Waals surface area contributed by atoms with E-state index in [2.05, 4.69) is 5.32 Å². The van der Waals surface area contributed by atoms with Crippen molar-refractivity contribution >= 4 is 45.0 Å². The van der Waals surface area contributed by atoms with Gasteiger partial charge in [-0.3, -0.25) is 4.79 Å². The van der Waals surface area contributed by atoms with Gasteiger partial charge in [-0.15, -0.1) is 11.8 Å². The summed E-state index contributed by atoms with van der Waals surface area (Å²) in [6.45, 7) is 0.512. The highest BCUT2D eigenvalue weighted by molar-refractivity contribution is 7.98. The maximum absolute atomic E-state index is 13.0. The predicted octanol–water partition coefficient (Wildman–Crippen LogP) is 4.11. The number of rotatable bonds is 6. The highest BCUT2D eigenvalue weighted by Gasteiger charge is 2.33. The Morgan fingerprint density at radius 1 is 1.28 bits per heavy atom. The molecule has 156 valence electrons. The van der Waals surface area contributed by atoms with Gasteiger partial charge in [0.25, 0.3) is 0 Å². The summed E-state index contributed by atoms with van der Waals surface area (Å²) in [7, 11) is -2.28. The fraction of sp³-hybridized carbons (Fsp3) is 0.350. The molecule has 9 heteroatoms. The third kappa shape index (κ3) is 5.06. The average molecular weight is 455 g/mol. The van der Waals surface area contributed by atoms with Crippen LogP contribution in [0.2, 0.25) is 5.02 Å². The molecule has 1 atom stereocenters. The fourth-order valence-electron chi connectivity index (χ4n) is 3.28. The summed E-state index contributed by atoms with van der Waals surface area (Å²) < 4.78 is 32.5. The average Bonchev–Trinajstić information content (AvgIpc) is 2.73. The third-order valence-electron chi connectivity index (χ3n) is 4.85. The van der Waals surface area contributed by atoms with E-state index in [1.807, 2.05) is 30.5 Å². The summed E-state index contributed by atoms with van der Waals surface area (Å²) in [5.74, 6) is -0.171. The molecule has 3 rings (SSSR count). The van der Waals surface area contributed by atoms with E-state index in [0.29, 0.717) is 30.8 Å². The number of ether oxygens (including phenoxy) is 1. The molecule has 2 aromatic carbocycles. The van der Waals surface area contributed by atoms with Crippen molar-refractivity contribution < 1.29 is 17.9 Å². The Balaban J connectivity index is 1.73. The molecule has 0 aliphatic carbocycles. The number of methoxy groups -OCH3 is 1. The predicted molar refractivity (Wildman–Crippen MR) is 116 cm³/mol. The normalized spacial score (nSPS) is 17.7. The number of carbonyl (C=O) groups is 1. The Bertz CT molecular complexity index is 998. The SMILES string of the molecule is COc1ccc(S(=O)(=O)N2CCC[C@@H](C(=O)Nc3cccc(SC)c3)C2)cc1Cl. The van der Waals surface area contributed by atoms with Crippen molar-refractivity contribution in [3.05, 3.63) is 47.5 Å². The summed E-state index contributed by atoms with van der Waals surface area (Å²) in [6.07, 6.45) is 3.23. The number of benzene rings is 2. The smallest absolute Gasteiger partial charge is 0.243 e. The fourth-order valence-corrected chi connectivity index (χ4v) is 5.61. The van der Waals surface area contributed by atoms with Crippen LogP contribution in [0.1, 0.15) is 12.8 Å². The van der Waals surface area contributed by atoms with Gasteiger partial charge >= 0.3 is 0 Å². The molecule has 29 heavy (non-hydrogen) atoms. The molecule has 1 N–H and O–H groups in total. The molecule has 0 radical (unpaired) electrons. The van der Waals surface area contributed by atoms with Crippen molar-refractivity contribution in [2.24, 2.45) is 5.92 Å². The number of anilines is 1. The summed E-state index contributed by atoms with van der Waals surface area (Å²) in [6, 6.07) is 12.0. The van der Waals surface area contributed by atoms with Gasteiger partial charge in [0.2, 0.25) is 15.9 Å². The molecule has 1 aliphatic rings. The summed E-state index contributed by atoms with van der Waals surface area (Å²) >= 11 is 7.69. The van der Waals surface area contributed by atoms with Gasteiger partial charge in [0, 0.05) is 23.7 Å². The molecule has 1 aliphatic heterocycles. The minimum Gasteiger partial charge on any atom is -0.495 e. The van der Waals surface area contributed by atoms with Gasteiger partial charge in [0.05, 0.1) is 22.9 Å². The van der Waals surface area contributed by atoms with Crippen LogP contribution in [-0.4, -0.2) is 45.1 Å². The lowest BCUT2D eigenvalue weighted by Crippen LogP contribution is -2.43. The Hall–Kier alpha value is -1.74. The standard InChI is InChI=1S/C20H23ClN2O4S2/c1-27-19-9-8-17(12-18(19)21)29(25,26)23-10-4-5-14(13-23)20(24)22-15-6-3-7-16(11-15)28-2/h3,6-9,11-12,14H,4-5,10,13H2,1-2H3,(H,22,24)/t14-/m1/s1. The van der Waals surface area contributed by atoms with Crippen LogP contribution in [0, 0.1) is 5.92 Å². The van der Waals surface area contributed by atoms with E-state index in [1.165, 1.54) is 29.6 Å². The third-order valence-corrected chi connectivity index (χ3v) is 7.74. The number of thioether (sulfide) groups is 1. The first kappa shape index (κ1) is 22.0. The molecule has 1 heterocycles. The maximum atomic E-state index is 13.0. The monoisotopic (exact) mass is 454 g/mol. The number of sulfonamides is 1. The van der Waals surface area contributed by atoms with Crippen molar-refractivity contribution in [1.82, 2.24) is 4.31 Å². The van der Waals surface area contributed by atoms with Crippen LogP contribution in [0.4, 0.5) is 5.69 Å². The van der Waals surface area contributed by atoms with Crippen molar-refractivity contribution in [3.63, 3.8) is 0 Å². The number of hydrogen-bond acceptors (Lipinski definition) is 5. The molecule has 1 saturated heterocycles. The van der Waals surface area contributed by atoms with Crippen LogP contribution in [0.5, 0.6) is 5.75 Å². The first-order valence-corrected chi connectivity index (χ1v) is 12.2. The second-order valence-electron chi connectivity index (χ2n) is 6.72. The van der Waals surface area contributed by atoms with Gasteiger partial charge in [-0.25, -0.2) is 8.42 Å². The summed E-state index contributed by atoms with van der Waals surface area (Å²) in [5, 5.41) is 3.14. The van der Waals surface area contributed by atoms with Crippen LogP contribution in [0.25, 0.3) is 0 Å². The largest absolute Gasteiger partial charge is 0.495 e. The quantitative estimate of drug-likeness (QED) is 0.665. The molecule has 6 nitrogen and oxygen atoms in total. The molecule has 0 saturated carbocycles. The van der Waals surface area contributed by atoms with E-state index in [0.717, 1.165) is 4.90 Å². The Morgan fingerprint density at radius 2 is 2.07 bits per heavy atom. The second kappa shape index (κ2) is 9.38. The molecule has 2 aromatic rings. The minimum atomic E-state index is -3.75. The van der Waals surface area contributed by atoms with Crippen molar-refractivity contribution in [1.29, 1.82) is 0 Å². The maximum Gasteiger partial charge on any atom is 0.243 e. The molecule has 1 amide bonds. The van der Waals surface area contributed by atoms with Gasteiger partial charge in [-0.2, -0.15) is 4.31 Å². The van der Waals surface area contributed by atoms with Gasteiger partial charge in [-0.05, 0) is 55.5 Å². The lowest BCUT2D eigenvalue weighted by atomic mass is 9.99. The first-order valence-electron chi connectivity index (χ1n) is 9.13. The first-order chi connectivity index (χ1) is 13.8. The topological polar surface area (TPSA) is 75.7 Å². The van der Waals surface area contributed by atoms with Crippen LogP contribution >= 0.6 is 23.4 Å².